The quantitative estimate of drug-likeness (QED) is 0.247. The van der Waals surface area contributed by atoms with E-state index in [0.717, 1.165) is 18.4 Å². The number of nitrogens with zero attached hydrogens (tertiary/aromatic N) is 1. The van der Waals surface area contributed by atoms with E-state index in [1.165, 1.54) is 0 Å². The molecule has 1 saturated heterocycles. The largest absolute Gasteiger partial charge is 0.375 e. The molecule has 1 heterocycles. The molecule has 3 aliphatic rings. The Bertz CT molecular complexity index is 1290. The number of ketones is 1. The SMILES string of the molecule is CO[C@H](c1ccccc1)C(NC(=O)N[C@H](C(=O)N1C[C@H]2[C@@H]([C@H]1C(=O)NC(CC1CC1)C(=O)C(N)=O)C2(C)C)C(C)(C)C)C(C)C. The van der Waals surface area contributed by atoms with Gasteiger partial charge in [-0.05, 0) is 46.5 Å². The van der Waals surface area contributed by atoms with E-state index in [0.29, 0.717) is 13.0 Å². The molecule has 7 atom stereocenters. The number of carbonyl (C=O) groups is 5. The van der Waals surface area contributed by atoms with Gasteiger partial charge in [0.1, 0.15) is 18.2 Å². The molecule has 5 N–H and O–H groups in total. The van der Waals surface area contributed by atoms with Crippen LogP contribution in [0.5, 0.6) is 0 Å². The van der Waals surface area contributed by atoms with Gasteiger partial charge in [0, 0.05) is 13.7 Å². The standard InChI is InChI=1S/C34H51N5O6/c1-18(2)24(27(45-8)20-12-10-9-11-13-20)37-32(44)38-28(33(3,4)5)31(43)39-17-21-23(34(21,6)7)25(39)30(42)36-22(16-19-14-15-19)26(40)29(35)41/h9-13,18-19,21-25,27-28H,14-17H2,1-8H3,(H2,35,41)(H,36,42)(H2,37,38,44)/t21-,22?,23-,24?,25-,27+,28+/m0/s1. The number of urea groups is 1. The van der Waals surface area contributed by atoms with Gasteiger partial charge >= 0.3 is 6.03 Å². The van der Waals surface area contributed by atoms with Gasteiger partial charge < -0.3 is 31.3 Å². The first-order valence-electron chi connectivity index (χ1n) is 16.1. The zero-order chi connectivity index (χ0) is 33.4. The van der Waals surface area contributed by atoms with Gasteiger partial charge in [0.2, 0.25) is 17.6 Å². The summed E-state index contributed by atoms with van der Waals surface area (Å²) in [7, 11) is 1.60. The van der Waals surface area contributed by atoms with Crippen LogP contribution in [0.15, 0.2) is 30.3 Å². The molecule has 0 radical (unpaired) electrons. The second kappa shape index (κ2) is 13.1. The lowest BCUT2D eigenvalue weighted by Crippen LogP contribution is -2.62. The van der Waals surface area contributed by atoms with Crippen LogP contribution >= 0.6 is 0 Å². The number of hydrogen-bond donors (Lipinski definition) is 4. The molecule has 0 bridgehead atoms. The molecule has 5 amide bonds. The van der Waals surface area contributed by atoms with Crippen LogP contribution in [0.2, 0.25) is 0 Å². The molecule has 2 unspecified atom stereocenters. The summed E-state index contributed by atoms with van der Waals surface area (Å²) in [5.74, 6) is -2.50. The molecule has 1 aromatic carbocycles. The molecule has 1 aliphatic heterocycles. The Balaban J connectivity index is 1.54. The average molecular weight is 626 g/mol. The van der Waals surface area contributed by atoms with E-state index < -0.39 is 59.3 Å². The van der Waals surface area contributed by atoms with Gasteiger partial charge in [-0.1, -0.05) is 91.6 Å². The van der Waals surface area contributed by atoms with E-state index in [9.17, 15) is 24.0 Å². The molecule has 11 heteroatoms. The maximum absolute atomic E-state index is 14.3. The van der Waals surface area contributed by atoms with Crippen molar-refractivity contribution in [1.82, 2.24) is 20.9 Å². The number of piperidine rings is 1. The van der Waals surface area contributed by atoms with Gasteiger partial charge in [-0.3, -0.25) is 19.2 Å². The Morgan fingerprint density at radius 3 is 2.16 bits per heavy atom. The summed E-state index contributed by atoms with van der Waals surface area (Å²) in [5, 5.41) is 8.76. The molecule has 4 rings (SSSR count). The topological polar surface area (TPSA) is 160 Å². The fourth-order valence-corrected chi connectivity index (χ4v) is 7.02. The molecule has 2 aliphatic carbocycles. The Hall–Kier alpha value is -3.47. The van der Waals surface area contributed by atoms with Gasteiger partial charge in [-0.25, -0.2) is 4.79 Å². The summed E-state index contributed by atoms with van der Waals surface area (Å²) in [6.45, 7) is 14.1. The molecule has 1 aromatic rings. The van der Waals surface area contributed by atoms with Crippen LogP contribution < -0.4 is 21.7 Å². The van der Waals surface area contributed by atoms with Crippen molar-refractivity contribution in [2.45, 2.75) is 98.0 Å². The number of methoxy groups -OCH3 is 1. The summed E-state index contributed by atoms with van der Waals surface area (Å²) < 4.78 is 5.81. The maximum atomic E-state index is 14.3. The summed E-state index contributed by atoms with van der Waals surface area (Å²) in [4.78, 5) is 67.7. The van der Waals surface area contributed by atoms with Crippen LogP contribution in [-0.2, 0) is 23.9 Å². The Morgan fingerprint density at radius 1 is 1.02 bits per heavy atom. The number of carbonyl (C=O) groups excluding carboxylic acids is 5. The minimum absolute atomic E-state index is 0.0115. The van der Waals surface area contributed by atoms with E-state index in [2.05, 4.69) is 29.8 Å². The third kappa shape index (κ3) is 7.51. The van der Waals surface area contributed by atoms with Crippen molar-refractivity contribution in [3.05, 3.63) is 35.9 Å². The molecule has 45 heavy (non-hydrogen) atoms. The highest BCUT2D eigenvalue weighted by Crippen LogP contribution is 2.65. The lowest BCUT2D eigenvalue weighted by molar-refractivity contribution is -0.145. The number of primary amides is 1. The lowest BCUT2D eigenvalue weighted by atomic mass is 9.85. The van der Waals surface area contributed by atoms with Crippen molar-refractivity contribution in [2.75, 3.05) is 13.7 Å². The van der Waals surface area contributed by atoms with Crippen molar-refractivity contribution in [3.63, 3.8) is 0 Å². The number of nitrogens with two attached hydrogens (primary N) is 1. The average Bonchev–Trinajstić information content (AvgIpc) is 3.82. The first-order valence-corrected chi connectivity index (χ1v) is 16.1. The van der Waals surface area contributed by atoms with Crippen molar-refractivity contribution < 1.29 is 28.7 Å². The summed E-state index contributed by atoms with van der Waals surface area (Å²) in [5.41, 5.74) is 5.36. The Kier molecular flexibility index (Phi) is 10.0. The van der Waals surface area contributed by atoms with Crippen LogP contribution in [-0.4, -0.2) is 72.3 Å². The third-order valence-corrected chi connectivity index (χ3v) is 10.0. The number of benzene rings is 1. The molecule has 248 valence electrons. The molecule has 11 nitrogen and oxygen atoms in total. The van der Waals surface area contributed by atoms with E-state index >= 15 is 0 Å². The molecular weight excluding hydrogens is 574 g/mol. The first-order chi connectivity index (χ1) is 21.0. The number of nitrogens with one attached hydrogen (secondary N) is 3. The van der Waals surface area contributed by atoms with E-state index in [1.54, 1.807) is 12.0 Å². The number of fused-ring (bicyclic) bond motifs is 1. The van der Waals surface area contributed by atoms with Crippen molar-refractivity contribution in [3.8, 4) is 0 Å². The maximum Gasteiger partial charge on any atom is 0.315 e. The fraction of sp³-hybridized carbons (Fsp3) is 0.676. The van der Waals surface area contributed by atoms with Crippen molar-refractivity contribution in [1.29, 1.82) is 0 Å². The number of ether oxygens (including phenoxy) is 1. The second-order valence-electron chi connectivity index (χ2n) is 15.1. The monoisotopic (exact) mass is 625 g/mol. The van der Waals surface area contributed by atoms with E-state index in [-0.39, 0.29) is 35.0 Å². The van der Waals surface area contributed by atoms with Gasteiger partial charge in [0.15, 0.2) is 0 Å². The number of hydrogen-bond acceptors (Lipinski definition) is 6. The van der Waals surface area contributed by atoms with Gasteiger partial charge in [-0.2, -0.15) is 0 Å². The van der Waals surface area contributed by atoms with Crippen molar-refractivity contribution >= 4 is 29.5 Å². The predicted octanol–water partition coefficient (Wildman–Crippen LogP) is 2.93. The minimum atomic E-state index is -1.09. The smallest absolute Gasteiger partial charge is 0.315 e. The van der Waals surface area contributed by atoms with Gasteiger partial charge in [0.05, 0.1) is 12.1 Å². The zero-order valence-corrected chi connectivity index (χ0v) is 27.9. The summed E-state index contributed by atoms with van der Waals surface area (Å²) in [6.07, 6.45) is 1.80. The molecule has 0 aromatic heterocycles. The molecule has 2 saturated carbocycles. The van der Waals surface area contributed by atoms with Crippen LogP contribution in [0.1, 0.15) is 79.4 Å². The Labute approximate surface area is 266 Å². The van der Waals surface area contributed by atoms with Crippen molar-refractivity contribution in [2.24, 2.45) is 40.2 Å². The van der Waals surface area contributed by atoms with Gasteiger partial charge in [0.25, 0.3) is 5.91 Å². The number of Topliss-reactive ketones (excluding diaryl/α,β-unsaturated/α-hetero) is 1. The van der Waals surface area contributed by atoms with Crippen LogP contribution in [0.3, 0.4) is 0 Å². The predicted molar refractivity (Wildman–Crippen MR) is 169 cm³/mol. The highest BCUT2D eigenvalue weighted by Gasteiger charge is 2.70. The lowest BCUT2D eigenvalue weighted by Gasteiger charge is -2.38. The normalized spacial score (nSPS) is 24.6. The number of rotatable bonds is 13. The fourth-order valence-electron chi connectivity index (χ4n) is 7.02. The van der Waals surface area contributed by atoms with Crippen LogP contribution in [0, 0.1) is 34.5 Å². The summed E-state index contributed by atoms with van der Waals surface area (Å²) in [6, 6.07) is 5.93. The third-order valence-electron chi connectivity index (χ3n) is 10.0. The number of likely N-dealkylation sites (tertiary alicyclic amines) is 1. The zero-order valence-electron chi connectivity index (χ0n) is 27.9. The molecule has 0 spiro atoms. The molecular formula is C34H51N5O6. The van der Waals surface area contributed by atoms with Crippen LogP contribution in [0.25, 0.3) is 0 Å². The molecule has 3 fully saturated rings. The Morgan fingerprint density at radius 2 is 1.64 bits per heavy atom. The minimum Gasteiger partial charge on any atom is -0.375 e. The summed E-state index contributed by atoms with van der Waals surface area (Å²) >= 11 is 0. The first kappa shape index (κ1) is 34.4. The van der Waals surface area contributed by atoms with E-state index in [4.69, 9.17) is 10.5 Å². The highest BCUT2D eigenvalue weighted by molar-refractivity contribution is 6.37. The number of amides is 5. The van der Waals surface area contributed by atoms with Gasteiger partial charge in [-0.15, -0.1) is 0 Å². The second-order valence-corrected chi connectivity index (χ2v) is 15.1. The van der Waals surface area contributed by atoms with E-state index in [1.807, 2.05) is 65.0 Å². The highest BCUT2D eigenvalue weighted by atomic mass is 16.5. The van der Waals surface area contributed by atoms with Crippen LogP contribution in [0.4, 0.5) is 4.79 Å².